The molecule has 174 valence electrons. The zero-order chi connectivity index (χ0) is 23.9. The molecule has 4 aromatic rings. The highest BCUT2D eigenvalue weighted by molar-refractivity contribution is 7.92. The van der Waals surface area contributed by atoms with Gasteiger partial charge in [0.25, 0.3) is 10.0 Å². The number of benzene rings is 2. The monoisotopic (exact) mass is 514 g/mol. The maximum Gasteiger partial charge on any atom is 0.339 e. The maximum atomic E-state index is 13.0. The van der Waals surface area contributed by atoms with Crippen LogP contribution in [0.2, 0.25) is 5.02 Å². The van der Waals surface area contributed by atoms with Crippen molar-refractivity contribution in [3.8, 4) is 0 Å². The molecule has 0 saturated carbocycles. The number of hydrogen-bond acceptors (Lipinski definition) is 7. The number of fused-ring (bicyclic) bond motifs is 2. The van der Waals surface area contributed by atoms with E-state index in [1.165, 1.54) is 35.6 Å². The summed E-state index contributed by atoms with van der Waals surface area (Å²) < 4.78 is 28.6. The van der Waals surface area contributed by atoms with Gasteiger partial charge in [0.15, 0.2) is 11.6 Å². The number of hydrogen-bond donors (Lipinski definition) is 3. The van der Waals surface area contributed by atoms with Gasteiger partial charge >= 0.3 is 5.97 Å². The first kappa shape index (κ1) is 22.6. The molecule has 0 saturated heterocycles. The number of aryl methyl sites for hydroxylation is 1. The standard InChI is InChI=1S/C23H19ClN4O4S2/c24-13-9-11-14(12-10-13)34(31,32)28-21-20(25-16-6-2-3-7-17(16)26-21)27-22-19(23(29)30)15-5-1-4-8-18(15)33-22/h2-3,6-7,9-12H,1,4-5,8H2,(H,25,27)(H,26,28)(H,29,30). The van der Waals surface area contributed by atoms with Crippen molar-refractivity contribution in [2.45, 2.75) is 30.6 Å². The zero-order valence-electron chi connectivity index (χ0n) is 17.7. The van der Waals surface area contributed by atoms with Gasteiger partial charge in [-0.3, -0.25) is 4.72 Å². The molecule has 2 aromatic carbocycles. The number of aromatic carboxylic acids is 1. The number of carbonyl (C=O) groups is 1. The van der Waals surface area contributed by atoms with Crippen molar-refractivity contribution in [3.63, 3.8) is 0 Å². The number of thiophene rings is 1. The molecule has 3 N–H and O–H groups in total. The van der Waals surface area contributed by atoms with Gasteiger partial charge in [0.05, 0.1) is 21.5 Å². The Bertz CT molecular complexity index is 1520. The van der Waals surface area contributed by atoms with Gasteiger partial charge in [-0.15, -0.1) is 11.3 Å². The molecule has 0 fully saturated rings. The van der Waals surface area contributed by atoms with Gasteiger partial charge < -0.3 is 10.4 Å². The van der Waals surface area contributed by atoms with Crippen LogP contribution in [0.1, 0.15) is 33.6 Å². The number of rotatable bonds is 6. The lowest BCUT2D eigenvalue weighted by atomic mass is 9.95. The van der Waals surface area contributed by atoms with Crippen LogP contribution in [0.4, 0.5) is 16.6 Å². The predicted molar refractivity (Wildman–Crippen MR) is 133 cm³/mol. The first-order valence-electron chi connectivity index (χ1n) is 10.5. The Labute approximate surface area is 204 Å². The van der Waals surface area contributed by atoms with E-state index in [2.05, 4.69) is 20.0 Å². The second-order valence-corrected chi connectivity index (χ2v) is 11.0. The number of carboxylic acids is 1. The van der Waals surface area contributed by atoms with Gasteiger partial charge in [0.1, 0.15) is 5.00 Å². The quantitative estimate of drug-likeness (QED) is 0.312. The summed E-state index contributed by atoms with van der Waals surface area (Å²) in [4.78, 5) is 22.2. The van der Waals surface area contributed by atoms with Gasteiger partial charge in [0, 0.05) is 9.90 Å². The number of nitrogens with one attached hydrogen (secondary N) is 2. The van der Waals surface area contributed by atoms with Crippen LogP contribution in [0.15, 0.2) is 53.4 Å². The van der Waals surface area contributed by atoms with Crippen molar-refractivity contribution in [3.05, 3.63) is 69.6 Å². The molecule has 5 rings (SSSR count). The number of sulfonamides is 1. The normalized spacial score (nSPS) is 13.4. The summed E-state index contributed by atoms with van der Waals surface area (Å²) in [7, 11) is -4.01. The number of halogens is 1. The summed E-state index contributed by atoms with van der Waals surface area (Å²) in [6, 6.07) is 12.8. The molecule has 0 spiro atoms. The van der Waals surface area contributed by atoms with Crippen molar-refractivity contribution in [2.75, 3.05) is 10.0 Å². The average Bonchev–Trinajstić information content (AvgIpc) is 3.17. The maximum absolute atomic E-state index is 13.0. The molecule has 1 aliphatic carbocycles. The van der Waals surface area contributed by atoms with E-state index in [0.29, 0.717) is 27.5 Å². The predicted octanol–water partition coefficient (Wildman–Crippen LogP) is 5.47. The Hall–Kier alpha value is -3.21. The van der Waals surface area contributed by atoms with Crippen LogP contribution in [0.3, 0.4) is 0 Å². The number of anilines is 3. The lowest BCUT2D eigenvalue weighted by molar-refractivity contribution is 0.0697. The minimum Gasteiger partial charge on any atom is -0.478 e. The minimum absolute atomic E-state index is 0.00983. The SMILES string of the molecule is O=C(O)c1c(Nc2nc3ccccc3nc2NS(=O)(=O)c2ccc(Cl)cc2)sc2c1CCCC2. The molecule has 0 atom stereocenters. The van der Waals surface area contributed by atoms with E-state index in [-0.39, 0.29) is 22.1 Å². The number of carboxylic acid groups (broad SMARTS) is 1. The Morgan fingerprint density at radius 2 is 1.62 bits per heavy atom. The molecular formula is C23H19ClN4O4S2. The largest absolute Gasteiger partial charge is 0.478 e. The van der Waals surface area contributed by atoms with E-state index in [0.717, 1.165) is 29.7 Å². The third-order valence-electron chi connectivity index (χ3n) is 5.54. The molecule has 2 aromatic heterocycles. The molecule has 2 heterocycles. The van der Waals surface area contributed by atoms with Gasteiger partial charge in [0.2, 0.25) is 0 Å². The summed E-state index contributed by atoms with van der Waals surface area (Å²) in [5.74, 6) is -0.937. The Kier molecular flexibility index (Phi) is 5.88. The summed E-state index contributed by atoms with van der Waals surface area (Å²) in [5.41, 5.74) is 2.08. The molecule has 0 bridgehead atoms. The van der Waals surface area contributed by atoms with Gasteiger partial charge in [-0.05, 0) is 67.6 Å². The van der Waals surface area contributed by atoms with Crippen molar-refractivity contribution >= 4 is 66.6 Å². The summed E-state index contributed by atoms with van der Waals surface area (Å²) in [6.45, 7) is 0. The van der Waals surface area contributed by atoms with Crippen LogP contribution >= 0.6 is 22.9 Å². The van der Waals surface area contributed by atoms with E-state index in [9.17, 15) is 18.3 Å². The first-order valence-corrected chi connectivity index (χ1v) is 13.2. The zero-order valence-corrected chi connectivity index (χ0v) is 20.1. The molecule has 0 amide bonds. The van der Waals surface area contributed by atoms with Crippen LogP contribution < -0.4 is 10.0 Å². The fourth-order valence-corrected chi connectivity index (χ4v) is 6.36. The van der Waals surface area contributed by atoms with E-state index in [4.69, 9.17) is 11.6 Å². The molecule has 0 radical (unpaired) electrons. The van der Waals surface area contributed by atoms with Crippen LogP contribution in [-0.4, -0.2) is 29.5 Å². The third kappa shape index (κ3) is 4.31. The van der Waals surface area contributed by atoms with Gasteiger partial charge in [-0.1, -0.05) is 23.7 Å². The number of para-hydroxylation sites is 2. The smallest absolute Gasteiger partial charge is 0.339 e. The Morgan fingerprint density at radius 3 is 2.29 bits per heavy atom. The van der Waals surface area contributed by atoms with Gasteiger partial charge in [-0.2, -0.15) is 0 Å². The molecule has 8 nitrogen and oxygen atoms in total. The van der Waals surface area contributed by atoms with Crippen molar-refractivity contribution in [1.29, 1.82) is 0 Å². The second kappa shape index (κ2) is 8.86. The highest BCUT2D eigenvalue weighted by Gasteiger charge is 2.27. The molecule has 11 heteroatoms. The average molecular weight is 515 g/mol. The van der Waals surface area contributed by atoms with Crippen LogP contribution in [-0.2, 0) is 22.9 Å². The van der Waals surface area contributed by atoms with Crippen molar-refractivity contribution < 1.29 is 18.3 Å². The van der Waals surface area contributed by atoms with Gasteiger partial charge in [-0.25, -0.2) is 23.2 Å². The first-order chi connectivity index (χ1) is 16.3. The fraction of sp³-hybridized carbons (Fsp3) is 0.174. The highest BCUT2D eigenvalue weighted by atomic mass is 35.5. The summed E-state index contributed by atoms with van der Waals surface area (Å²) >= 11 is 7.26. The number of nitrogens with zero attached hydrogens (tertiary/aromatic N) is 2. The lowest BCUT2D eigenvalue weighted by Gasteiger charge is -2.14. The number of aromatic nitrogens is 2. The van der Waals surface area contributed by atoms with E-state index in [1.54, 1.807) is 24.3 Å². The fourth-order valence-electron chi connectivity index (χ4n) is 3.95. The summed E-state index contributed by atoms with van der Waals surface area (Å²) in [6.07, 6.45) is 3.47. The molecule has 0 unspecified atom stereocenters. The van der Waals surface area contributed by atoms with E-state index < -0.39 is 16.0 Å². The lowest BCUT2D eigenvalue weighted by Crippen LogP contribution is -2.16. The molecule has 34 heavy (non-hydrogen) atoms. The third-order valence-corrected chi connectivity index (χ3v) is 8.36. The second-order valence-electron chi connectivity index (χ2n) is 7.81. The molecular weight excluding hydrogens is 496 g/mol. The van der Waals surface area contributed by atoms with Crippen molar-refractivity contribution in [1.82, 2.24) is 9.97 Å². The van der Waals surface area contributed by atoms with Crippen LogP contribution in [0, 0.1) is 0 Å². The molecule has 0 aliphatic heterocycles. The van der Waals surface area contributed by atoms with E-state index in [1.807, 2.05) is 0 Å². The van der Waals surface area contributed by atoms with E-state index >= 15 is 0 Å². The Morgan fingerprint density at radius 1 is 0.971 bits per heavy atom. The van der Waals surface area contributed by atoms with Crippen LogP contribution in [0.5, 0.6) is 0 Å². The minimum atomic E-state index is -4.01. The molecule has 1 aliphatic rings. The van der Waals surface area contributed by atoms with Crippen LogP contribution in [0.25, 0.3) is 11.0 Å². The summed E-state index contributed by atoms with van der Waals surface area (Å²) in [5, 5.41) is 13.8. The highest BCUT2D eigenvalue weighted by Crippen LogP contribution is 2.40. The topological polar surface area (TPSA) is 121 Å². The van der Waals surface area contributed by atoms with Crippen molar-refractivity contribution in [2.24, 2.45) is 0 Å². The Balaban J connectivity index is 1.60.